The second-order valence-corrected chi connectivity index (χ2v) is 6.60. The van der Waals surface area contributed by atoms with Crippen LogP contribution in [-0.2, 0) is 17.6 Å². The fraction of sp³-hybridized carbons (Fsp3) is 0.350. The van der Waals surface area contributed by atoms with Crippen LogP contribution >= 0.6 is 0 Å². The van der Waals surface area contributed by atoms with Crippen molar-refractivity contribution in [2.45, 2.75) is 26.7 Å². The lowest BCUT2D eigenvalue weighted by molar-refractivity contribution is 0.0593. The van der Waals surface area contributed by atoms with Crippen LogP contribution in [-0.4, -0.2) is 34.8 Å². The lowest BCUT2D eigenvalue weighted by Gasteiger charge is -2.07. The van der Waals surface area contributed by atoms with Gasteiger partial charge in [0.15, 0.2) is 0 Å². The molecule has 6 heteroatoms. The van der Waals surface area contributed by atoms with Gasteiger partial charge in [-0.15, -0.1) is 0 Å². The summed E-state index contributed by atoms with van der Waals surface area (Å²) in [6.07, 6.45) is 3.35. The predicted octanol–water partition coefficient (Wildman–Crippen LogP) is 3.31. The number of rotatable bonds is 6. The number of nitrogens with zero attached hydrogens (tertiary/aromatic N) is 3. The van der Waals surface area contributed by atoms with Gasteiger partial charge >= 0.3 is 5.97 Å². The third-order valence-electron chi connectivity index (χ3n) is 4.18. The summed E-state index contributed by atoms with van der Waals surface area (Å²) < 4.78 is 11.9. The van der Waals surface area contributed by atoms with E-state index in [9.17, 15) is 4.79 Å². The van der Waals surface area contributed by atoms with E-state index in [0.29, 0.717) is 18.0 Å². The molecule has 0 N–H and O–H groups in total. The fourth-order valence-electron chi connectivity index (χ4n) is 2.97. The number of fused-ring (bicyclic) bond motifs is 1. The minimum atomic E-state index is -0.432. The molecule has 0 radical (unpaired) electrons. The quantitative estimate of drug-likeness (QED) is 0.636. The highest BCUT2D eigenvalue weighted by Crippen LogP contribution is 2.24. The number of hydrogen-bond donors (Lipinski definition) is 0. The third-order valence-corrected chi connectivity index (χ3v) is 4.18. The molecule has 3 aromatic heterocycles. The van der Waals surface area contributed by atoms with Crippen molar-refractivity contribution >= 4 is 11.5 Å². The highest BCUT2D eigenvalue weighted by Gasteiger charge is 2.16. The first-order chi connectivity index (χ1) is 12.5. The lowest BCUT2D eigenvalue weighted by atomic mass is 10.0. The molecule has 0 fully saturated rings. The smallest absolute Gasteiger partial charge is 0.356 e. The standard InChI is InChI=1S/C20H23N3O3/c1-13(2)10-18-16(19-9-8-15(25-3)12-23(19)22-18)11-14-6-5-7-17(21-14)20(24)26-4/h5-9,12-13H,10-11H2,1-4H3. The number of pyridine rings is 2. The van der Waals surface area contributed by atoms with Crippen molar-refractivity contribution in [2.24, 2.45) is 5.92 Å². The van der Waals surface area contributed by atoms with E-state index < -0.39 is 5.97 Å². The largest absolute Gasteiger partial charge is 0.495 e. The number of ether oxygens (including phenoxy) is 2. The van der Waals surface area contributed by atoms with Gasteiger partial charge in [-0.25, -0.2) is 14.3 Å². The maximum Gasteiger partial charge on any atom is 0.356 e. The van der Waals surface area contributed by atoms with E-state index in [0.717, 1.165) is 34.6 Å². The molecule has 0 saturated heterocycles. The van der Waals surface area contributed by atoms with Crippen LogP contribution in [0, 0.1) is 5.92 Å². The summed E-state index contributed by atoms with van der Waals surface area (Å²) in [6.45, 7) is 4.34. The van der Waals surface area contributed by atoms with Crippen molar-refractivity contribution in [3.63, 3.8) is 0 Å². The van der Waals surface area contributed by atoms with E-state index in [1.165, 1.54) is 7.11 Å². The Labute approximate surface area is 152 Å². The molecule has 3 heterocycles. The van der Waals surface area contributed by atoms with Crippen molar-refractivity contribution < 1.29 is 14.3 Å². The zero-order valence-corrected chi connectivity index (χ0v) is 15.5. The maximum atomic E-state index is 11.7. The molecular formula is C20H23N3O3. The van der Waals surface area contributed by atoms with Crippen molar-refractivity contribution in [1.29, 1.82) is 0 Å². The zero-order valence-electron chi connectivity index (χ0n) is 15.5. The molecule has 6 nitrogen and oxygen atoms in total. The monoisotopic (exact) mass is 353 g/mol. The van der Waals surface area contributed by atoms with E-state index in [2.05, 4.69) is 18.8 Å². The molecule has 0 aliphatic heterocycles. The average molecular weight is 353 g/mol. The molecule has 0 atom stereocenters. The fourth-order valence-corrected chi connectivity index (χ4v) is 2.97. The second-order valence-electron chi connectivity index (χ2n) is 6.60. The summed E-state index contributed by atoms with van der Waals surface area (Å²) in [5.41, 5.74) is 4.30. The van der Waals surface area contributed by atoms with Gasteiger partial charge in [0.2, 0.25) is 0 Å². The molecule has 26 heavy (non-hydrogen) atoms. The minimum Gasteiger partial charge on any atom is -0.495 e. The Bertz CT molecular complexity index is 931. The van der Waals surface area contributed by atoms with E-state index in [1.807, 2.05) is 35.0 Å². The third kappa shape index (κ3) is 3.69. The summed E-state index contributed by atoms with van der Waals surface area (Å²) in [4.78, 5) is 16.2. The van der Waals surface area contributed by atoms with Gasteiger partial charge in [0.1, 0.15) is 11.4 Å². The molecule has 0 spiro atoms. The van der Waals surface area contributed by atoms with Crippen LogP contribution in [0.5, 0.6) is 5.75 Å². The van der Waals surface area contributed by atoms with Gasteiger partial charge < -0.3 is 9.47 Å². The molecule has 3 aromatic rings. The lowest BCUT2D eigenvalue weighted by Crippen LogP contribution is -2.06. The van der Waals surface area contributed by atoms with E-state index in [4.69, 9.17) is 14.6 Å². The van der Waals surface area contributed by atoms with Gasteiger partial charge in [0.05, 0.1) is 31.6 Å². The molecule has 0 aliphatic carbocycles. The minimum absolute atomic E-state index is 0.313. The van der Waals surface area contributed by atoms with E-state index >= 15 is 0 Å². The summed E-state index contributed by atoms with van der Waals surface area (Å²) >= 11 is 0. The zero-order chi connectivity index (χ0) is 18.7. The summed E-state index contributed by atoms with van der Waals surface area (Å²) in [6, 6.07) is 9.34. The van der Waals surface area contributed by atoms with Crippen LogP contribution in [0.2, 0.25) is 0 Å². The highest BCUT2D eigenvalue weighted by molar-refractivity contribution is 5.87. The van der Waals surface area contributed by atoms with Gasteiger partial charge in [-0.05, 0) is 36.6 Å². The Morgan fingerprint density at radius 3 is 2.69 bits per heavy atom. The van der Waals surface area contributed by atoms with E-state index in [1.54, 1.807) is 13.2 Å². The molecule has 0 amide bonds. The SMILES string of the molecule is COC(=O)c1cccc(Cc2c(CC(C)C)nn3cc(OC)ccc23)n1. The number of carbonyl (C=O) groups is 1. The Morgan fingerprint density at radius 1 is 1.19 bits per heavy atom. The molecule has 3 rings (SSSR count). The predicted molar refractivity (Wildman–Crippen MR) is 98.7 cm³/mol. The van der Waals surface area contributed by atoms with Crippen molar-refractivity contribution in [2.75, 3.05) is 14.2 Å². The highest BCUT2D eigenvalue weighted by atomic mass is 16.5. The topological polar surface area (TPSA) is 65.7 Å². The van der Waals surface area contributed by atoms with Crippen molar-refractivity contribution in [1.82, 2.24) is 14.6 Å². The van der Waals surface area contributed by atoms with Crippen molar-refractivity contribution in [3.8, 4) is 5.75 Å². The molecule has 0 unspecified atom stereocenters. The normalized spacial score (nSPS) is 11.1. The molecular weight excluding hydrogens is 330 g/mol. The molecule has 0 aromatic carbocycles. The Balaban J connectivity index is 2.04. The first-order valence-electron chi connectivity index (χ1n) is 8.60. The first kappa shape index (κ1) is 17.9. The van der Waals surface area contributed by atoms with Crippen LogP contribution in [0.1, 0.15) is 41.3 Å². The number of methoxy groups -OCH3 is 2. The van der Waals surface area contributed by atoms with Gasteiger partial charge in [-0.2, -0.15) is 5.10 Å². The Hall–Kier alpha value is -2.89. The summed E-state index contributed by atoms with van der Waals surface area (Å²) in [5, 5.41) is 4.75. The van der Waals surface area contributed by atoms with Crippen LogP contribution in [0.15, 0.2) is 36.5 Å². The van der Waals surface area contributed by atoms with Crippen LogP contribution in [0.3, 0.4) is 0 Å². The number of hydrogen-bond acceptors (Lipinski definition) is 5. The summed E-state index contributed by atoms with van der Waals surface area (Å²) in [5.74, 6) is 0.808. The molecule has 0 aliphatic rings. The second kappa shape index (κ2) is 7.56. The molecule has 0 bridgehead atoms. The van der Waals surface area contributed by atoms with Crippen LogP contribution in [0.25, 0.3) is 5.52 Å². The summed E-state index contributed by atoms with van der Waals surface area (Å²) in [7, 11) is 3.00. The Kier molecular flexibility index (Phi) is 5.21. The Morgan fingerprint density at radius 2 is 2.00 bits per heavy atom. The van der Waals surface area contributed by atoms with Gasteiger partial charge in [-0.1, -0.05) is 19.9 Å². The number of carbonyl (C=O) groups excluding carboxylic acids is 1. The molecule has 0 saturated carbocycles. The van der Waals surface area contributed by atoms with Crippen LogP contribution < -0.4 is 4.74 Å². The average Bonchev–Trinajstić information content (AvgIpc) is 2.96. The van der Waals surface area contributed by atoms with Gasteiger partial charge in [0.25, 0.3) is 0 Å². The van der Waals surface area contributed by atoms with E-state index in [-0.39, 0.29) is 0 Å². The van der Waals surface area contributed by atoms with Gasteiger partial charge in [0, 0.05) is 17.7 Å². The number of esters is 1. The van der Waals surface area contributed by atoms with Crippen LogP contribution in [0.4, 0.5) is 0 Å². The maximum absolute atomic E-state index is 11.7. The number of aromatic nitrogens is 3. The van der Waals surface area contributed by atoms with Gasteiger partial charge in [-0.3, -0.25) is 0 Å². The first-order valence-corrected chi connectivity index (χ1v) is 8.60. The van der Waals surface area contributed by atoms with Crippen molar-refractivity contribution in [3.05, 3.63) is 59.2 Å². The molecule has 136 valence electrons.